The van der Waals surface area contributed by atoms with E-state index in [2.05, 4.69) is 9.84 Å². The molecule has 2 heterocycles. The van der Waals surface area contributed by atoms with Crippen molar-refractivity contribution in [2.75, 3.05) is 13.7 Å². The second-order valence-electron chi connectivity index (χ2n) is 4.95. The number of carbonyl (C=O) groups is 2. The lowest BCUT2D eigenvalue weighted by Gasteiger charge is -2.07. The summed E-state index contributed by atoms with van der Waals surface area (Å²) >= 11 is 0.862. The number of hydrogen-bond acceptors (Lipinski definition) is 9. The number of thiophene rings is 1. The maximum Gasteiger partial charge on any atom is 0.360 e. The first-order valence-electron chi connectivity index (χ1n) is 7.16. The highest BCUT2D eigenvalue weighted by molar-refractivity contribution is 7.90. The lowest BCUT2D eigenvalue weighted by atomic mass is 10.3. The molecule has 0 aliphatic heterocycles. The highest BCUT2D eigenvalue weighted by atomic mass is 32.2. The summed E-state index contributed by atoms with van der Waals surface area (Å²) in [4.78, 5) is 35.4. The number of methoxy groups -OCH3 is 1. The highest BCUT2D eigenvalue weighted by Gasteiger charge is 2.30. The predicted molar refractivity (Wildman–Crippen MR) is 90.1 cm³/mol. The summed E-state index contributed by atoms with van der Waals surface area (Å²) < 4.78 is 37.7. The van der Waals surface area contributed by atoms with Gasteiger partial charge in [0.1, 0.15) is 9.77 Å². The molecule has 0 radical (unpaired) electrons. The minimum atomic E-state index is -4.45. The summed E-state index contributed by atoms with van der Waals surface area (Å²) in [5.41, 5.74) is -0.643. The first-order valence-corrected chi connectivity index (χ1v) is 9.52. The quantitative estimate of drug-likeness (QED) is 0.692. The highest BCUT2D eigenvalue weighted by Crippen LogP contribution is 2.27. The number of esters is 1. The molecule has 0 aromatic carbocycles. The van der Waals surface area contributed by atoms with Gasteiger partial charge in [0, 0.05) is 7.05 Å². The maximum absolute atomic E-state index is 12.6. The van der Waals surface area contributed by atoms with Crippen LogP contribution in [0.25, 0.3) is 0 Å². The predicted octanol–water partition coefficient (Wildman–Crippen LogP) is 0.0836. The minimum absolute atomic E-state index is 0.146. The smallest absolute Gasteiger partial charge is 0.360 e. The number of hydrogen-bond donors (Lipinski definition) is 1. The molecule has 0 unspecified atom stereocenters. The standard InChI is InChI=1S/C13H16N4O7S2/c1-5-24-12-14-17(13(20)16(12)3)11(19)15-26(21,22)9-7(2)6-25-8(9)10(18)23-4/h6H,5H2,1-4H3,(H,15,19). The van der Waals surface area contributed by atoms with Gasteiger partial charge in [-0.1, -0.05) is 0 Å². The van der Waals surface area contributed by atoms with Crippen molar-refractivity contribution in [3.63, 3.8) is 0 Å². The van der Waals surface area contributed by atoms with Crippen LogP contribution in [-0.4, -0.2) is 48.5 Å². The number of nitrogens with one attached hydrogen (secondary N) is 1. The van der Waals surface area contributed by atoms with E-state index in [-0.39, 0.29) is 23.1 Å². The van der Waals surface area contributed by atoms with Crippen LogP contribution in [0.4, 0.5) is 4.79 Å². The second-order valence-corrected chi connectivity index (χ2v) is 7.45. The molecule has 1 N–H and O–H groups in total. The van der Waals surface area contributed by atoms with Gasteiger partial charge < -0.3 is 9.47 Å². The molecule has 11 nitrogen and oxygen atoms in total. The Labute approximate surface area is 152 Å². The fraction of sp³-hybridized carbons (Fsp3) is 0.385. The van der Waals surface area contributed by atoms with Crippen LogP contribution in [0.2, 0.25) is 0 Å². The number of rotatable bonds is 5. The van der Waals surface area contributed by atoms with Crippen LogP contribution in [-0.2, 0) is 21.8 Å². The number of sulfonamides is 1. The first-order chi connectivity index (χ1) is 12.1. The van der Waals surface area contributed by atoms with Gasteiger partial charge in [0.15, 0.2) is 0 Å². The van der Waals surface area contributed by atoms with Crippen molar-refractivity contribution in [1.29, 1.82) is 0 Å². The zero-order valence-corrected chi connectivity index (χ0v) is 15.9. The largest absolute Gasteiger partial charge is 0.465 e. The molecule has 0 aliphatic rings. The Balaban J connectivity index is 2.41. The lowest BCUT2D eigenvalue weighted by Crippen LogP contribution is -2.40. The van der Waals surface area contributed by atoms with Crippen LogP contribution >= 0.6 is 11.3 Å². The van der Waals surface area contributed by atoms with E-state index in [1.54, 1.807) is 11.6 Å². The number of aromatic nitrogens is 3. The third kappa shape index (κ3) is 3.48. The molecule has 0 fully saturated rings. The Kier molecular flexibility index (Phi) is 5.51. The van der Waals surface area contributed by atoms with E-state index < -0.39 is 32.6 Å². The van der Waals surface area contributed by atoms with Crippen LogP contribution in [0, 0.1) is 6.92 Å². The van der Waals surface area contributed by atoms with Crippen molar-refractivity contribution < 1.29 is 27.5 Å². The van der Waals surface area contributed by atoms with Crippen LogP contribution in [0.1, 0.15) is 22.2 Å². The van der Waals surface area contributed by atoms with Gasteiger partial charge in [-0.25, -0.2) is 32.1 Å². The molecule has 13 heteroatoms. The van der Waals surface area contributed by atoms with Crippen molar-refractivity contribution in [2.45, 2.75) is 18.7 Å². The second kappa shape index (κ2) is 7.29. The molecule has 0 spiro atoms. The molecule has 0 bridgehead atoms. The number of carbonyl (C=O) groups excluding carboxylic acids is 2. The normalized spacial score (nSPS) is 11.2. The Morgan fingerprint density at radius 1 is 1.38 bits per heavy atom. The van der Waals surface area contributed by atoms with Gasteiger partial charge in [0.2, 0.25) is 0 Å². The van der Waals surface area contributed by atoms with E-state index in [9.17, 15) is 22.8 Å². The lowest BCUT2D eigenvalue weighted by molar-refractivity contribution is 0.0602. The fourth-order valence-corrected chi connectivity index (χ4v) is 4.65. The monoisotopic (exact) mass is 404 g/mol. The van der Waals surface area contributed by atoms with Crippen molar-refractivity contribution >= 4 is 33.4 Å². The Hall–Kier alpha value is -2.67. The van der Waals surface area contributed by atoms with E-state index >= 15 is 0 Å². The summed E-state index contributed by atoms with van der Waals surface area (Å²) in [6.07, 6.45) is 0. The van der Waals surface area contributed by atoms with Gasteiger partial charge in [-0.15, -0.1) is 21.1 Å². The summed E-state index contributed by atoms with van der Waals surface area (Å²) in [7, 11) is -2.03. The third-order valence-corrected chi connectivity index (χ3v) is 5.90. The average molecular weight is 404 g/mol. The summed E-state index contributed by atoms with van der Waals surface area (Å²) in [5, 5.41) is 5.08. The Morgan fingerprint density at radius 2 is 2.04 bits per heavy atom. The average Bonchev–Trinajstić information content (AvgIpc) is 3.10. The molecule has 0 saturated heterocycles. The van der Waals surface area contributed by atoms with Crippen LogP contribution in [0.5, 0.6) is 6.01 Å². The van der Waals surface area contributed by atoms with Crippen molar-refractivity contribution in [3.05, 3.63) is 26.3 Å². The molecule has 1 amide bonds. The van der Waals surface area contributed by atoms with Gasteiger partial charge in [-0.2, -0.15) is 0 Å². The molecule has 2 aromatic rings. The fourth-order valence-electron chi connectivity index (χ4n) is 2.02. The van der Waals surface area contributed by atoms with Crippen LogP contribution in [0.3, 0.4) is 0 Å². The molecule has 26 heavy (non-hydrogen) atoms. The molecular formula is C13H16N4O7S2. The summed E-state index contributed by atoms with van der Waals surface area (Å²) in [5.74, 6) is -0.857. The topological polar surface area (TPSA) is 139 Å². The molecule has 0 saturated carbocycles. The Bertz CT molecular complexity index is 1020. The maximum atomic E-state index is 12.6. The van der Waals surface area contributed by atoms with Crippen LogP contribution < -0.4 is 15.1 Å². The summed E-state index contributed by atoms with van der Waals surface area (Å²) in [6.45, 7) is 3.31. The molecular weight excluding hydrogens is 388 g/mol. The molecule has 0 aliphatic carbocycles. The molecule has 2 rings (SSSR count). The van der Waals surface area contributed by atoms with E-state index in [0.717, 1.165) is 23.0 Å². The van der Waals surface area contributed by atoms with E-state index in [1.807, 2.05) is 0 Å². The third-order valence-electron chi connectivity index (χ3n) is 3.19. The minimum Gasteiger partial charge on any atom is -0.465 e. The van der Waals surface area contributed by atoms with Gasteiger partial charge in [-0.05, 0) is 24.8 Å². The SMILES string of the molecule is CCOc1nn(C(=O)NS(=O)(=O)c2c(C)csc2C(=O)OC)c(=O)n1C. The van der Waals surface area contributed by atoms with Crippen molar-refractivity contribution in [1.82, 2.24) is 19.1 Å². The number of nitrogens with zero attached hydrogens (tertiary/aromatic N) is 3. The van der Waals surface area contributed by atoms with Gasteiger partial charge in [0.25, 0.3) is 10.0 Å². The van der Waals surface area contributed by atoms with Gasteiger partial charge in [-0.3, -0.25) is 0 Å². The molecule has 2 aromatic heterocycles. The first kappa shape index (κ1) is 19.7. The zero-order chi connectivity index (χ0) is 19.6. The molecule has 142 valence electrons. The van der Waals surface area contributed by atoms with E-state index in [4.69, 9.17) is 4.74 Å². The van der Waals surface area contributed by atoms with E-state index in [0.29, 0.717) is 4.68 Å². The summed E-state index contributed by atoms with van der Waals surface area (Å²) in [6, 6.07) is -1.45. The van der Waals surface area contributed by atoms with Gasteiger partial charge >= 0.3 is 23.7 Å². The number of ether oxygens (including phenoxy) is 2. The van der Waals surface area contributed by atoms with Crippen molar-refractivity contribution in [3.8, 4) is 6.01 Å². The van der Waals surface area contributed by atoms with Crippen LogP contribution in [0.15, 0.2) is 15.1 Å². The number of amides is 1. The van der Waals surface area contributed by atoms with E-state index in [1.165, 1.54) is 19.4 Å². The van der Waals surface area contributed by atoms with Crippen molar-refractivity contribution in [2.24, 2.45) is 7.05 Å². The van der Waals surface area contributed by atoms with Gasteiger partial charge in [0.05, 0.1) is 13.7 Å². The molecule has 0 atom stereocenters. The number of aryl methyl sites for hydroxylation is 1. The Morgan fingerprint density at radius 3 is 2.62 bits per heavy atom. The zero-order valence-electron chi connectivity index (χ0n) is 14.3.